The predicted octanol–water partition coefficient (Wildman–Crippen LogP) is 4.14. The van der Waals surface area contributed by atoms with Crippen molar-refractivity contribution in [2.45, 2.75) is 46.2 Å². The van der Waals surface area contributed by atoms with E-state index in [1.807, 2.05) is 6.07 Å². The number of carbonyl (C=O) groups is 1. The molecule has 0 saturated carbocycles. The molecule has 0 fully saturated rings. The Labute approximate surface area is 151 Å². The van der Waals surface area contributed by atoms with Gasteiger partial charge in [0.1, 0.15) is 6.61 Å². The van der Waals surface area contributed by atoms with Crippen LogP contribution in [0.1, 0.15) is 44.5 Å². The van der Waals surface area contributed by atoms with Crippen LogP contribution in [0.2, 0.25) is 0 Å². The van der Waals surface area contributed by atoms with Crippen molar-refractivity contribution >= 4 is 14.5 Å². The molecule has 0 heterocycles. The first-order valence-electron chi connectivity index (χ1n) is 8.40. The van der Waals surface area contributed by atoms with Crippen LogP contribution in [-0.4, -0.2) is 42.5 Å². The average Bonchev–Trinajstić information content (AvgIpc) is 2.58. The van der Waals surface area contributed by atoms with E-state index in [4.69, 9.17) is 19.0 Å². The lowest BCUT2D eigenvalue weighted by molar-refractivity contribution is 0.0433. The summed E-state index contributed by atoms with van der Waals surface area (Å²) < 4.78 is 19.0. The highest BCUT2D eigenvalue weighted by Gasteiger charge is 2.27. The van der Waals surface area contributed by atoms with Gasteiger partial charge in [0.05, 0.1) is 31.3 Å². The maximum atomic E-state index is 11.9. The summed E-state index contributed by atoms with van der Waals surface area (Å²) in [5, 5.41) is 8.68. The summed E-state index contributed by atoms with van der Waals surface area (Å²) in [6, 6.07) is 11.4. The summed E-state index contributed by atoms with van der Waals surface area (Å²) in [5.41, 5.74) is 0.515. The van der Waals surface area contributed by atoms with Crippen LogP contribution in [0.15, 0.2) is 30.3 Å². The monoisotopic (exact) mass is 366 g/mol. The molecule has 0 saturated heterocycles. The molecule has 1 rings (SSSR count). The largest absolute Gasteiger partial charge is 0.460 e. The second kappa shape index (κ2) is 11.9. The summed E-state index contributed by atoms with van der Waals surface area (Å²) >= 11 is 0. The zero-order valence-corrected chi connectivity index (χ0v) is 16.2. The van der Waals surface area contributed by atoms with Crippen LogP contribution in [0.3, 0.4) is 0 Å². The van der Waals surface area contributed by atoms with E-state index >= 15 is 0 Å². The fourth-order valence-electron chi connectivity index (χ4n) is 2.22. The molecule has 138 valence electrons. The molecule has 1 unspecified atom stereocenters. The molecule has 0 aliphatic heterocycles. The van der Waals surface area contributed by atoms with Crippen molar-refractivity contribution in [1.29, 1.82) is 5.26 Å². The maximum Gasteiger partial charge on any atom is 0.338 e. The molecule has 6 nitrogen and oxygen atoms in total. The third kappa shape index (κ3) is 7.94. The Morgan fingerprint density at radius 2 is 1.68 bits per heavy atom. The molecule has 7 heteroatoms. The van der Waals surface area contributed by atoms with Gasteiger partial charge in [-0.05, 0) is 39.8 Å². The number of ether oxygens (including phenoxy) is 1. The van der Waals surface area contributed by atoms with E-state index in [1.165, 1.54) is 0 Å². The van der Waals surface area contributed by atoms with Crippen molar-refractivity contribution < 1.29 is 18.6 Å². The minimum atomic E-state index is -1.31. The summed E-state index contributed by atoms with van der Waals surface area (Å²) in [5.74, 6) is -0.372. The molecule has 1 atom stereocenters. The molecular weight excluding hydrogens is 339 g/mol. The summed E-state index contributed by atoms with van der Waals surface area (Å²) in [7, 11) is -1.31. The zero-order valence-electron chi connectivity index (χ0n) is 15.3. The highest BCUT2D eigenvalue weighted by atomic mass is 31.2. The lowest BCUT2D eigenvalue weighted by Gasteiger charge is -2.35. The molecule has 1 aromatic carbocycles. The van der Waals surface area contributed by atoms with Gasteiger partial charge in [-0.3, -0.25) is 0 Å². The highest BCUT2D eigenvalue weighted by Crippen LogP contribution is 2.45. The van der Waals surface area contributed by atoms with Gasteiger partial charge >= 0.3 is 5.97 Å². The fourth-order valence-corrected chi connectivity index (χ4v) is 3.79. The molecule has 0 N–H and O–H groups in total. The first kappa shape index (κ1) is 21.5. The van der Waals surface area contributed by atoms with E-state index in [0.29, 0.717) is 18.6 Å². The van der Waals surface area contributed by atoms with Crippen LogP contribution < -0.4 is 0 Å². The quantitative estimate of drug-likeness (QED) is 0.333. The number of benzene rings is 1. The van der Waals surface area contributed by atoms with Crippen LogP contribution >= 0.6 is 8.53 Å². The predicted molar refractivity (Wildman–Crippen MR) is 97.9 cm³/mol. The van der Waals surface area contributed by atoms with Gasteiger partial charge in [0.25, 0.3) is 8.53 Å². The van der Waals surface area contributed by atoms with Crippen molar-refractivity contribution in [3.63, 3.8) is 0 Å². The second-order valence-electron chi connectivity index (χ2n) is 5.88. The minimum absolute atomic E-state index is 0.151. The number of carbonyl (C=O) groups excluding carboxylic acids is 1. The molecule has 25 heavy (non-hydrogen) atoms. The van der Waals surface area contributed by atoms with Gasteiger partial charge in [0.15, 0.2) is 0 Å². The normalized spacial score (nSPS) is 12.4. The first-order valence-corrected chi connectivity index (χ1v) is 9.53. The van der Waals surface area contributed by atoms with E-state index in [9.17, 15) is 4.79 Å². The molecule has 0 aromatic heterocycles. The standard InChI is InChI=1S/C18H27N2O4P/c1-15(2)20(16(3)4)25(23-12-8-11-19)24-14-13-22-18(21)17-9-6-5-7-10-17/h5-7,9-10,15-16H,8,12-14H2,1-4H3. The van der Waals surface area contributed by atoms with Crippen molar-refractivity contribution in [2.24, 2.45) is 0 Å². The third-order valence-electron chi connectivity index (χ3n) is 3.19. The van der Waals surface area contributed by atoms with Crippen LogP contribution in [0.25, 0.3) is 0 Å². The molecule has 0 amide bonds. The molecule has 0 radical (unpaired) electrons. The lowest BCUT2D eigenvalue weighted by atomic mass is 10.2. The number of nitriles is 1. The van der Waals surface area contributed by atoms with Gasteiger partial charge in [0.2, 0.25) is 0 Å². The highest BCUT2D eigenvalue weighted by molar-refractivity contribution is 7.44. The number of nitrogens with zero attached hydrogens (tertiary/aromatic N) is 2. The van der Waals surface area contributed by atoms with Crippen LogP contribution in [0, 0.1) is 11.3 Å². The van der Waals surface area contributed by atoms with Crippen LogP contribution in [0.4, 0.5) is 0 Å². The molecular formula is C18H27N2O4P. The molecule has 0 spiro atoms. The number of hydrogen-bond donors (Lipinski definition) is 0. The fraction of sp³-hybridized carbons (Fsp3) is 0.556. The van der Waals surface area contributed by atoms with Gasteiger partial charge in [0, 0.05) is 12.1 Å². The third-order valence-corrected chi connectivity index (χ3v) is 5.30. The maximum absolute atomic E-state index is 11.9. The Morgan fingerprint density at radius 3 is 2.24 bits per heavy atom. The van der Waals surface area contributed by atoms with Crippen LogP contribution in [0.5, 0.6) is 0 Å². The number of esters is 1. The Balaban J connectivity index is 2.51. The second-order valence-corrected chi connectivity index (χ2v) is 7.34. The van der Waals surface area contributed by atoms with Crippen LogP contribution in [-0.2, 0) is 13.8 Å². The number of rotatable bonds is 11. The average molecular weight is 366 g/mol. The van der Waals surface area contributed by atoms with Crippen molar-refractivity contribution in [3.05, 3.63) is 35.9 Å². The van der Waals surface area contributed by atoms with Gasteiger partial charge in [-0.15, -0.1) is 0 Å². The van der Waals surface area contributed by atoms with E-state index in [2.05, 4.69) is 38.4 Å². The van der Waals surface area contributed by atoms with E-state index in [-0.39, 0.29) is 31.3 Å². The Hall–Kier alpha value is -1.51. The van der Waals surface area contributed by atoms with E-state index in [0.717, 1.165) is 0 Å². The first-order chi connectivity index (χ1) is 12.0. The number of hydrogen-bond acceptors (Lipinski definition) is 6. The molecule has 0 aliphatic carbocycles. The molecule has 1 aromatic rings. The van der Waals surface area contributed by atoms with E-state index < -0.39 is 8.53 Å². The van der Waals surface area contributed by atoms with E-state index in [1.54, 1.807) is 24.3 Å². The van der Waals surface area contributed by atoms with Crippen molar-refractivity contribution in [1.82, 2.24) is 4.67 Å². The van der Waals surface area contributed by atoms with Gasteiger partial charge in [-0.25, -0.2) is 9.46 Å². The van der Waals surface area contributed by atoms with Crippen molar-refractivity contribution in [3.8, 4) is 6.07 Å². The Bertz CT molecular complexity index is 538. The lowest BCUT2D eigenvalue weighted by Crippen LogP contribution is -2.34. The van der Waals surface area contributed by atoms with Gasteiger partial charge in [-0.1, -0.05) is 18.2 Å². The Kier molecular flexibility index (Phi) is 10.3. The Morgan fingerprint density at radius 1 is 1.08 bits per heavy atom. The summed E-state index contributed by atoms with van der Waals surface area (Å²) in [4.78, 5) is 11.9. The molecule has 0 bridgehead atoms. The molecule has 0 aliphatic rings. The van der Waals surface area contributed by atoms with Crippen molar-refractivity contribution in [2.75, 3.05) is 19.8 Å². The minimum Gasteiger partial charge on any atom is -0.460 e. The topological polar surface area (TPSA) is 71.8 Å². The zero-order chi connectivity index (χ0) is 18.7. The SMILES string of the molecule is CC(C)N(C(C)C)P(OCCC#N)OCCOC(=O)c1ccccc1. The van der Waals surface area contributed by atoms with Gasteiger partial charge < -0.3 is 13.8 Å². The summed E-state index contributed by atoms with van der Waals surface area (Å²) in [6.45, 7) is 9.00. The summed E-state index contributed by atoms with van der Waals surface area (Å²) in [6.07, 6.45) is 0.315. The van der Waals surface area contributed by atoms with Gasteiger partial charge in [-0.2, -0.15) is 5.26 Å². The smallest absolute Gasteiger partial charge is 0.338 e.